The van der Waals surface area contributed by atoms with E-state index in [9.17, 15) is 32.3 Å². The Morgan fingerprint density at radius 1 is 1.23 bits per heavy atom. The molecule has 6 rings (SSSR count). The molecule has 0 spiro atoms. The van der Waals surface area contributed by atoms with E-state index in [0.717, 1.165) is 36.0 Å². The molecule has 43 heavy (non-hydrogen) atoms. The number of nitrogens with two attached hydrogens (primary N) is 1. The van der Waals surface area contributed by atoms with Crippen molar-refractivity contribution in [3.8, 4) is 17.0 Å². The Morgan fingerprint density at radius 2 is 1.98 bits per heavy atom. The van der Waals surface area contributed by atoms with Gasteiger partial charge in [-0.1, -0.05) is 11.6 Å². The molecule has 2 aliphatic rings. The summed E-state index contributed by atoms with van der Waals surface area (Å²) in [6.07, 6.45) is -2.14. The highest BCUT2D eigenvalue weighted by atomic mass is 35.5. The lowest BCUT2D eigenvalue weighted by Crippen LogP contribution is -2.51. The summed E-state index contributed by atoms with van der Waals surface area (Å²) in [6.45, 7) is -0.285. The number of thiazole rings is 1. The highest BCUT2D eigenvalue weighted by Gasteiger charge is 2.57. The number of primary amides is 1. The number of carbonyl (C=O) groups excluding carboxylic acids is 2. The lowest BCUT2D eigenvalue weighted by molar-refractivity contribution is -0.265. The van der Waals surface area contributed by atoms with Gasteiger partial charge in [0.15, 0.2) is 5.65 Å². The molecule has 4 heterocycles. The van der Waals surface area contributed by atoms with Crippen LogP contribution in [-0.4, -0.2) is 51.2 Å². The zero-order valence-corrected chi connectivity index (χ0v) is 23.8. The van der Waals surface area contributed by atoms with Crippen molar-refractivity contribution in [3.05, 3.63) is 69.2 Å². The summed E-state index contributed by atoms with van der Waals surface area (Å²) in [5, 5.41) is 13.9. The number of hydrogen-bond donors (Lipinski definition) is 3. The molecule has 1 aromatic carbocycles. The number of pyridine rings is 2. The van der Waals surface area contributed by atoms with E-state index < -0.39 is 47.1 Å². The summed E-state index contributed by atoms with van der Waals surface area (Å²) >= 11 is 7.28. The average Bonchev–Trinajstić information content (AvgIpc) is 3.63. The molecule has 1 aliphatic carbocycles. The fraction of sp³-hybridized carbons (Fsp3) is 0.321. The normalized spacial score (nSPS) is 19.5. The van der Waals surface area contributed by atoms with E-state index >= 15 is 0 Å². The van der Waals surface area contributed by atoms with Crippen molar-refractivity contribution in [3.63, 3.8) is 0 Å². The maximum Gasteiger partial charge on any atom is 0.424 e. The minimum Gasteiger partial charge on any atom is -0.489 e. The van der Waals surface area contributed by atoms with E-state index in [0.29, 0.717) is 16.3 Å². The van der Waals surface area contributed by atoms with Crippen LogP contribution in [0.4, 0.5) is 17.6 Å². The van der Waals surface area contributed by atoms with Gasteiger partial charge in [-0.2, -0.15) is 13.2 Å². The summed E-state index contributed by atoms with van der Waals surface area (Å²) in [7, 11) is 0. The number of alkyl halides is 3. The quantitative estimate of drug-likeness (QED) is 0.249. The van der Waals surface area contributed by atoms with Gasteiger partial charge < -0.3 is 20.9 Å². The van der Waals surface area contributed by atoms with Crippen LogP contribution in [0.2, 0.25) is 5.02 Å². The van der Waals surface area contributed by atoms with Gasteiger partial charge in [0.1, 0.15) is 29.3 Å². The van der Waals surface area contributed by atoms with Gasteiger partial charge in [-0.05, 0) is 50.1 Å². The van der Waals surface area contributed by atoms with E-state index in [4.69, 9.17) is 22.1 Å². The minimum absolute atomic E-state index is 0.0266. The molecular weight excluding hydrogens is 614 g/mol. The summed E-state index contributed by atoms with van der Waals surface area (Å²) in [5.74, 6) is -2.32. The summed E-state index contributed by atoms with van der Waals surface area (Å²) < 4.78 is 64.1. The lowest BCUT2D eigenvalue weighted by Gasteiger charge is -2.31. The van der Waals surface area contributed by atoms with Gasteiger partial charge >= 0.3 is 6.18 Å². The van der Waals surface area contributed by atoms with Gasteiger partial charge in [-0.25, -0.2) is 19.3 Å². The molecule has 224 valence electrons. The zero-order valence-electron chi connectivity index (χ0n) is 22.3. The van der Waals surface area contributed by atoms with Crippen LogP contribution in [-0.2, 0) is 15.8 Å². The molecule has 0 saturated heterocycles. The first-order valence-corrected chi connectivity index (χ1v) is 14.2. The number of nitrogens with one attached hydrogen (secondary N) is 1. The molecule has 1 unspecified atom stereocenters. The van der Waals surface area contributed by atoms with Gasteiger partial charge in [0.05, 0.1) is 32.5 Å². The standard InChI is InChI=1S/C28H22ClF4N5O4S/c1-26(25(34)40)11-42-21-15(26)8-19(37-20(21)13-4-5-17(30)16(29)6-13)27(41,28(31,32)33)10-36-23(39)14-7-18-22(35-9-14)38-24(43-18)12-2-3-12/h4-9,12,41H,2-3,10-11H2,1H3,(H2,34,40)(H,36,39)/t26-,27?/m0/s1. The number of carbonyl (C=O) groups is 2. The van der Waals surface area contributed by atoms with E-state index in [-0.39, 0.29) is 39.8 Å². The maximum atomic E-state index is 14.6. The Kier molecular flexibility index (Phi) is 6.86. The predicted molar refractivity (Wildman–Crippen MR) is 148 cm³/mol. The largest absolute Gasteiger partial charge is 0.489 e. The molecule has 15 heteroatoms. The topological polar surface area (TPSA) is 140 Å². The average molecular weight is 636 g/mol. The Morgan fingerprint density at radius 3 is 2.63 bits per heavy atom. The van der Waals surface area contributed by atoms with Gasteiger partial charge in [-0.3, -0.25) is 9.59 Å². The number of rotatable bonds is 7. The fourth-order valence-corrected chi connectivity index (χ4v) is 6.07. The molecule has 4 N–H and O–H groups in total. The number of halogens is 5. The summed E-state index contributed by atoms with van der Waals surface area (Å²) in [6, 6.07) is 5.68. The number of ether oxygens (including phenoxy) is 1. The maximum absolute atomic E-state index is 14.6. The molecule has 3 aromatic heterocycles. The second-order valence-electron chi connectivity index (χ2n) is 10.8. The molecule has 2 atom stereocenters. The van der Waals surface area contributed by atoms with Crippen molar-refractivity contribution in [2.24, 2.45) is 5.73 Å². The fourth-order valence-electron chi connectivity index (χ4n) is 4.75. The van der Waals surface area contributed by atoms with Gasteiger partial charge in [0, 0.05) is 23.2 Å². The number of aromatic nitrogens is 3. The van der Waals surface area contributed by atoms with Crippen molar-refractivity contribution >= 4 is 45.1 Å². The van der Waals surface area contributed by atoms with Crippen LogP contribution in [0.25, 0.3) is 21.6 Å². The number of aliphatic hydroxyl groups is 1. The van der Waals surface area contributed by atoms with Crippen molar-refractivity contribution in [2.75, 3.05) is 13.2 Å². The first-order chi connectivity index (χ1) is 20.2. The molecular formula is C28H22ClF4N5O4S. The van der Waals surface area contributed by atoms with Crippen LogP contribution < -0.4 is 15.8 Å². The van der Waals surface area contributed by atoms with Crippen LogP contribution in [0.3, 0.4) is 0 Å². The third kappa shape index (κ3) is 4.96. The molecule has 1 aliphatic heterocycles. The van der Waals surface area contributed by atoms with E-state index in [1.165, 1.54) is 36.6 Å². The monoisotopic (exact) mass is 635 g/mol. The molecule has 0 bridgehead atoms. The van der Waals surface area contributed by atoms with Crippen LogP contribution in [0.15, 0.2) is 36.5 Å². The number of benzene rings is 1. The second kappa shape index (κ2) is 10.1. The van der Waals surface area contributed by atoms with Crippen molar-refractivity contribution < 1.29 is 37.0 Å². The van der Waals surface area contributed by atoms with Crippen molar-refractivity contribution in [1.82, 2.24) is 20.3 Å². The van der Waals surface area contributed by atoms with Gasteiger partial charge in [0.25, 0.3) is 5.91 Å². The Balaban J connectivity index is 1.39. The number of hydrogen-bond acceptors (Lipinski definition) is 8. The molecule has 4 aromatic rings. The third-order valence-corrected chi connectivity index (χ3v) is 9.10. The van der Waals surface area contributed by atoms with Crippen LogP contribution in [0.1, 0.15) is 52.3 Å². The Labute approximate surface area is 250 Å². The first kappa shape index (κ1) is 29.2. The minimum atomic E-state index is -5.36. The van der Waals surface area contributed by atoms with E-state index in [2.05, 4.69) is 20.3 Å². The highest BCUT2D eigenvalue weighted by molar-refractivity contribution is 7.18. The lowest BCUT2D eigenvalue weighted by atomic mass is 9.81. The van der Waals surface area contributed by atoms with Crippen LogP contribution in [0, 0.1) is 5.82 Å². The Bertz CT molecular complexity index is 1810. The van der Waals surface area contributed by atoms with Crippen molar-refractivity contribution in [2.45, 2.75) is 42.9 Å². The molecule has 2 amide bonds. The Hall–Kier alpha value is -3.88. The molecule has 9 nitrogen and oxygen atoms in total. The smallest absolute Gasteiger partial charge is 0.424 e. The first-order valence-electron chi connectivity index (χ1n) is 13.0. The van der Waals surface area contributed by atoms with Gasteiger partial charge in [-0.15, -0.1) is 11.3 Å². The second-order valence-corrected chi connectivity index (χ2v) is 12.2. The predicted octanol–water partition coefficient (Wildman–Crippen LogP) is 4.74. The molecule has 0 radical (unpaired) electrons. The zero-order chi connectivity index (χ0) is 30.9. The van der Waals surface area contributed by atoms with Gasteiger partial charge in [0.2, 0.25) is 11.5 Å². The van der Waals surface area contributed by atoms with E-state index in [1.807, 2.05) is 0 Å². The highest BCUT2D eigenvalue weighted by Crippen LogP contribution is 2.48. The van der Waals surface area contributed by atoms with E-state index in [1.54, 1.807) is 0 Å². The number of nitrogens with zero attached hydrogens (tertiary/aromatic N) is 3. The van der Waals surface area contributed by atoms with Crippen molar-refractivity contribution in [1.29, 1.82) is 0 Å². The number of fused-ring (bicyclic) bond motifs is 2. The van der Waals surface area contributed by atoms with Crippen LogP contribution >= 0.6 is 22.9 Å². The SMILES string of the molecule is C[C@]1(C(N)=O)COc2c1cc(C(O)(CNC(=O)c1cnc3nc(C4CC4)sc3c1)C(F)(F)F)nc2-c1ccc(F)c(Cl)c1. The summed E-state index contributed by atoms with van der Waals surface area (Å²) in [4.78, 5) is 38.0. The number of amides is 2. The molecule has 1 saturated carbocycles. The third-order valence-electron chi connectivity index (χ3n) is 7.66. The molecule has 1 fully saturated rings. The summed E-state index contributed by atoms with van der Waals surface area (Å²) in [5.41, 5.74) is -0.523. The van der Waals surface area contributed by atoms with Crippen LogP contribution in [0.5, 0.6) is 5.75 Å².